The molecule has 7 heteroatoms. The Kier molecular flexibility index (Phi) is 4.28. The maximum atomic E-state index is 11.9. The van der Waals surface area contributed by atoms with Crippen LogP contribution in [0.15, 0.2) is 29.2 Å². The molecule has 0 aromatic heterocycles. The number of halogens is 1. The predicted octanol–water partition coefficient (Wildman–Crippen LogP) is 1.44. The molecule has 0 radical (unpaired) electrons. The van der Waals surface area contributed by atoms with Gasteiger partial charge < -0.3 is 4.74 Å². The van der Waals surface area contributed by atoms with Gasteiger partial charge in [-0.25, -0.2) is 13.2 Å². The fraction of sp³-hybridized carbons (Fsp3) is 0.222. The van der Waals surface area contributed by atoms with Gasteiger partial charge in [0.05, 0.1) is 17.6 Å². The molecule has 0 spiro atoms. The van der Waals surface area contributed by atoms with Crippen LogP contribution in [0.4, 0.5) is 0 Å². The standard InChI is InChI=1S/C9H10INO4S/c1-11(10)16(13,14)8-6-4-3-5-7(8)9(12)15-2/h3-6H,1-2H3. The lowest BCUT2D eigenvalue weighted by molar-refractivity contribution is 0.0596. The fourth-order valence-corrected chi connectivity index (χ4v) is 2.69. The highest BCUT2D eigenvalue weighted by molar-refractivity contribution is 14.1. The minimum atomic E-state index is -3.64. The quantitative estimate of drug-likeness (QED) is 0.468. The molecule has 0 saturated carbocycles. The third-order valence-corrected chi connectivity index (χ3v) is 5.03. The van der Waals surface area contributed by atoms with E-state index in [0.29, 0.717) is 0 Å². The summed E-state index contributed by atoms with van der Waals surface area (Å²) < 4.78 is 29.3. The van der Waals surface area contributed by atoms with Crippen molar-refractivity contribution in [2.24, 2.45) is 0 Å². The van der Waals surface area contributed by atoms with Gasteiger partial charge in [-0.3, -0.25) is 0 Å². The summed E-state index contributed by atoms with van der Waals surface area (Å²) in [6.07, 6.45) is 0. The van der Waals surface area contributed by atoms with Crippen LogP contribution in [0.25, 0.3) is 0 Å². The molecule has 0 unspecified atom stereocenters. The van der Waals surface area contributed by atoms with Crippen LogP contribution in [0.1, 0.15) is 10.4 Å². The Morgan fingerprint density at radius 2 is 1.94 bits per heavy atom. The van der Waals surface area contributed by atoms with E-state index >= 15 is 0 Å². The van der Waals surface area contributed by atoms with Gasteiger partial charge in [-0.2, -0.15) is 0 Å². The lowest BCUT2D eigenvalue weighted by Crippen LogP contribution is -2.20. The van der Waals surface area contributed by atoms with Crippen molar-refractivity contribution in [2.75, 3.05) is 14.2 Å². The molecule has 1 aromatic rings. The minimum Gasteiger partial charge on any atom is -0.465 e. The van der Waals surface area contributed by atoms with E-state index in [0.717, 1.165) is 2.52 Å². The fourth-order valence-electron chi connectivity index (χ4n) is 1.11. The number of rotatable bonds is 3. The van der Waals surface area contributed by atoms with Crippen LogP contribution >= 0.6 is 22.9 Å². The largest absolute Gasteiger partial charge is 0.465 e. The molecule has 1 aromatic carbocycles. The monoisotopic (exact) mass is 355 g/mol. The lowest BCUT2D eigenvalue weighted by Gasteiger charge is -2.12. The maximum Gasteiger partial charge on any atom is 0.339 e. The van der Waals surface area contributed by atoms with E-state index < -0.39 is 16.0 Å². The predicted molar refractivity (Wildman–Crippen MR) is 66.8 cm³/mol. The van der Waals surface area contributed by atoms with Gasteiger partial charge in [-0.05, 0) is 12.1 Å². The van der Waals surface area contributed by atoms with Crippen LogP contribution < -0.4 is 0 Å². The molecule has 1 rings (SSSR count). The van der Waals surface area contributed by atoms with E-state index in [1.54, 1.807) is 35.0 Å². The number of methoxy groups -OCH3 is 1. The molecule has 5 nitrogen and oxygen atoms in total. The van der Waals surface area contributed by atoms with E-state index in [1.807, 2.05) is 0 Å². The van der Waals surface area contributed by atoms with Gasteiger partial charge in [0.25, 0.3) is 10.0 Å². The van der Waals surface area contributed by atoms with Gasteiger partial charge >= 0.3 is 5.97 Å². The molecule has 0 amide bonds. The van der Waals surface area contributed by atoms with Crippen LogP contribution in [0, 0.1) is 0 Å². The third-order valence-electron chi connectivity index (χ3n) is 1.90. The summed E-state index contributed by atoms with van der Waals surface area (Å²) in [5.74, 6) is -0.669. The van der Waals surface area contributed by atoms with Crippen LogP contribution in [0.2, 0.25) is 0 Å². The topological polar surface area (TPSA) is 63.7 Å². The van der Waals surface area contributed by atoms with Crippen molar-refractivity contribution in [2.45, 2.75) is 4.90 Å². The molecule has 0 fully saturated rings. The zero-order valence-electron chi connectivity index (χ0n) is 8.68. The summed E-state index contributed by atoms with van der Waals surface area (Å²) in [4.78, 5) is 11.3. The Hall–Kier alpha value is -0.670. The molecular formula is C9H10INO4S. The molecule has 0 atom stereocenters. The normalized spacial score (nSPS) is 11.5. The van der Waals surface area contributed by atoms with E-state index in [9.17, 15) is 13.2 Å². The second-order valence-corrected chi connectivity index (χ2v) is 6.92. The van der Waals surface area contributed by atoms with Crippen molar-refractivity contribution < 1.29 is 17.9 Å². The van der Waals surface area contributed by atoms with Crippen molar-refractivity contribution in [3.8, 4) is 0 Å². The second kappa shape index (κ2) is 5.11. The number of hydrogen-bond acceptors (Lipinski definition) is 4. The Bertz CT molecular complexity index is 498. The third kappa shape index (κ3) is 2.53. The summed E-state index contributed by atoms with van der Waals surface area (Å²) >= 11 is 1.63. The zero-order valence-corrected chi connectivity index (χ0v) is 11.6. The van der Waals surface area contributed by atoms with Gasteiger partial charge in [0.2, 0.25) is 0 Å². The minimum absolute atomic E-state index is 0.0357. The van der Waals surface area contributed by atoms with E-state index in [1.165, 1.54) is 26.3 Å². The molecular weight excluding hydrogens is 345 g/mol. The molecule has 0 N–H and O–H groups in total. The first-order valence-electron chi connectivity index (χ1n) is 4.23. The second-order valence-electron chi connectivity index (χ2n) is 2.88. The number of esters is 1. The van der Waals surface area contributed by atoms with Crippen LogP contribution in [-0.4, -0.2) is 31.1 Å². The molecule has 0 aliphatic carbocycles. The Morgan fingerprint density at radius 1 is 1.38 bits per heavy atom. The number of hydrogen-bond donors (Lipinski definition) is 0. The van der Waals surface area contributed by atoms with Gasteiger partial charge in [-0.1, -0.05) is 12.1 Å². The molecule has 0 aliphatic rings. The number of carbonyl (C=O) groups is 1. The number of benzene rings is 1. The molecule has 88 valence electrons. The first-order chi connectivity index (χ1) is 7.41. The smallest absolute Gasteiger partial charge is 0.339 e. The van der Waals surface area contributed by atoms with Crippen LogP contribution in [0.3, 0.4) is 0 Å². The summed E-state index contributed by atoms with van der Waals surface area (Å²) in [6.45, 7) is 0. The lowest BCUT2D eigenvalue weighted by atomic mass is 10.2. The van der Waals surface area contributed by atoms with E-state index in [-0.39, 0.29) is 10.5 Å². The number of carbonyl (C=O) groups excluding carboxylic acids is 1. The van der Waals surface area contributed by atoms with Crippen molar-refractivity contribution in [3.63, 3.8) is 0 Å². The Balaban J connectivity index is 3.41. The van der Waals surface area contributed by atoms with Crippen molar-refractivity contribution in [1.82, 2.24) is 2.52 Å². The van der Waals surface area contributed by atoms with Crippen molar-refractivity contribution in [1.29, 1.82) is 0 Å². The van der Waals surface area contributed by atoms with E-state index in [2.05, 4.69) is 4.74 Å². The van der Waals surface area contributed by atoms with Gasteiger partial charge in [0.1, 0.15) is 0 Å². The highest BCUT2D eigenvalue weighted by Crippen LogP contribution is 2.21. The van der Waals surface area contributed by atoms with Gasteiger partial charge in [-0.15, -0.1) is 2.52 Å². The Labute approximate surface area is 108 Å². The highest BCUT2D eigenvalue weighted by Gasteiger charge is 2.25. The van der Waals surface area contributed by atoms with Gasteiger partial charge in [0.15, 0.2) is 0 Å². The van der Waals surface area contributed by atoms with Gasteiger partial charge in [0, 0.05) is 29.9 Å². The zero-order chi connectivity index (χ0) is 12.3. The van der Waals surface area contributed by atoms with Crippen LogP contribution in [-0.2, 0) is 14.8 Å². The summed E-state index contributed by atoms with van der Waals surface area (Å²) in [5, 5.41) is 0. The number of nitrogens with zero attached hydrogens (tertiary/aromatic N) is 1. The number of sulfonamides is 1. The average Bonchev–Trinajstić information content (AvgIpc) is 2.27. The summed E-state index contributed by atoms with van der Waals surface area (Å²) in [5.41, 5.74) is 0.0357. The number of ether oxygens (including phenoxy) is 1. The molecule has 0 heterocycles. The maximum absolute atomic E-state index is 11.9. The molecule has 0 bridgehead atoms. The average molecular weight is 355 g/mol. The SMILES string of the molecule is COC(=O)c1ccccc1S(=O)(=O)N(C)I. The van der Waals surface area contributed by atoms with Crippen LogP contribution in [0.5, 0.6) is 0 Å². The highest BCUT2D eigenvalue weighted by atomic mass is 127. The first-order valence-corrected chi connectivity index (χ1v) is 6.64. The molecule has 16 heavy (non-hydrogen) atoms. The Morgan fingerprint density at radius 3 is 2.44 bits per heavy atom. The summed E-state index contributed by atoms with van der Waals surface area (Å²) in [7, 11) is -1.04. The molecule has 0 saturated heterocycles. The molecule has 0 aliphatic heterocycles. The van der Waals surface area contributed by atoms with E-state index in [4.69, 9.17) is 0 Å². The first kappa shape index (κ1) is 13.4. The van der Waals surface area contributed by atoms with Crippen molar-refractivity contribution >= 4 is 38.9 Å². The van der Waals surface area contributed by atoms with Crippen molar-refractivity contribution in [3.05, 3.63) is 29.8 Å². The summed E-state index contributed by atoms with van der Waals surface area (Å²) in [6, 6.07) is 5.92.